The molecule has 94 valence electrons. The lowest BCUT2D eigenvalue weighted by molar-refractivity contribution is -0.0175. The highest BCUT2D eigenvalue weighted by Crippen LogP contribution is 2.16. The maximum absolute atomic E-state index is 11.7. The molecule has 2 heterocycles. The lowest BCUT2D eigenvalue weighted by Gasteiger charge is -2.30. The van der Waals surface area contributed by atoms with Crippen molar-refractivity contribution in [3.8, 4) is 0 Å². The first-order valence-electron chi connectivity index (χ1n) is 5.48. The Hall–Kier alpha value is -1.04. The highest BCUT2D eigenvalue weighted by Gasteiger charge is 2.19. The molecule has 1 N–H and O–H groups in total. The third-order valence-corrected chi connectivity index (χ3v) is 2.99. The quantitative estimate of drug-likeness (QED) is 0.879. The molecule has 5 nitrogen and oxygen atoms in total. The average molecular weight is 259 g/mol. The molecule has 1 saturated heterocycles. The monoisotopic (exact) mass is 258 g/mol. The largest absolute Gasteiger partial charge is 0.452 e. The molecule has 0 aliphatic carbocycles. The highest BCUT2D eigenvalue weighted by molar-refractivity contribution is 6.32. The van der Waals surface area contributed by atoms with Gasteiger partial charge in [0, 0.05) is 19.6 Å². The summed E-state index contributed by atoms with van der Waals surface area (Å²) in [6, 6.07) is 1.55. The molecule has 1 unspecified atom stereocenters. The third kappa shape index (κ3) is 3.21. The molecule has 1 fully saturated rings. The van der Waals surface area contributed by atoms with Crippen LogP contribution in [-0.2, 0) is 4.74 Å². The van der Waals surface area contributed by atoms with E-state index in [-0.39, 0.29) is 17.2 Å². The number of rotatable bonds is 3. The zero-order chi connectivity index (χ0) is 12.3. The lowest BCUT2D eigenvalue weighted by Crippen LogP contribution is -2.45. The second kappa shape index (κ2) is 5.53. The van der Waals surface area contributed by atoms with Crippen molar-refractivity contribution in [1.82, 2.24) is 10.2 Å². The van der Waals surface area contributed by atoms with E-state index in [1.165, 1.54) is 6.26 Å². The molecule has 0 aromatic carbocycles. The number of hydrogen-bond acceptors (Lipinski definition) is 4. The molecule has 1 aliphatic heterocycles. The Labute approximate surface area is 105 Å². The topological polar surface area (TPSA) is 54.7 Å². The Bertz CT molecular complexity index is 394. The molecule has 0 saturated carbocycles. The molecule has 1 amide bonds. The fourth-order valence-electron chi connectivity index (χ4n) is 1.75. The van der Waals surface area contributed by atoms with E-state index in [1.807, 2.05) is 7.05 Å². The minimum atomic E-state index is -0.236. The van der Waals surface area contributed by atoms with Gasteiger partial charge >= 0.3 is 0 Å². The number of ether oxygens (including phenoxy) is 1. The summed E-state index contributed by atoms with van der Waals surface area (Å²) in [5, 5.41) is 2.90. The van der Waals surface area contributed by atoms with Gasteiger partial charge in [0.15, 0.2) is 0 Å². The smallest absolute Gasteiger partial charge is 0.256 e. The second-order valence-corrected chi connectivity index (χ2v) is 4.42. The predicted octanol–water partition coefficient (Wildman–Crippen LogP) is 0.993. The van der Waals surface area contributed by atoms with E-state index < -0.39 is 0 Å². The number of furan rings is 1. The fourth-order valence-corrected chi connectivity index (χ4v) is 1.95. The average Bonchev–Trinajstić information content (AvgIpc) is 2.72. The van der Waals surface area contributed by atoms with Gasteiger partial charge in [0.25, 0.3) is 5.91 Å². The van der Waals surface area contributed by atoms with Gasteiger partial charge in [0.05, 0.1) is 24.5 Å². The predicted molar refractivity (Wildman–Crippen MR) is 63.3 cm³/mol. The molecule has 1 aromatic heterocycles. The van der Waals surface area contributed by atoms with E-state index in [0.717, 1.165) is 13.1 Å². The van der Waals surface area contributed by atoms with Crippen molar-refractivity contribution in [2.24, 2.45) is 0 Å². The van der Waals surface area contributed by atoms with Crippen LogP contribution in [0.2, 0.25) is 5.22 Å². The molecule has 0 bridgehead atoms. The van der Waals surface area contributed by atoms with Crippen molar-refractivity contribution < 1.29 is 13.9 Å². The number of amides is 1. The number of carbonyl (C=O) groups is 1. The van der Waals surface area contributed by atoms with Gasteiger partial charge in [-0.15, -0.1) is 0 Å². The Morgan fingerprint density at radius 3 is 3.18 bits per heavy atom. The lowest BCUT2D eigenvalue weighted by atomic mass is 10.2. The molecule has 0 radical (unpaired) electrons. The Morgan fingerprint density at radius 1 is 1.71 bits per heavy atom. The molecule has 0 spiro atoms. The summed E-state index contributed by atoms with van der Waals surface area (Å²) in [5.41, 5.74) is 0.357. The van der Waals surface area contributed by atoms with Crippen LogP contribution in [0.1, 0.15) is 10.4 Å². The summed E-state index contributed by atoms with van der Waals surface area (Å²) in [7, 11) is 2.03. The molecule has 1 aliphatic rings. The van der Waals surface area contributed by atoms with E-state index in [0.29, 0.717) is 18.7 Å². The maximum atomic E-state index is 11.7. The first-order chi connectivity index (χ1) is 8.16. The van der Waals surface area contributed by atoms with Crippen LogP contribution < -0.4 is 5.32 Å². The zero-order valence-electron chi connectivity index (χ0n) is 9.61. The second-order valence-electron chi connectivity index (χ2n) is 4.07. The SMILES string of the molecule is CN1CCOC(CNC(=O)c2ccoc2Cl)C1. The van der Waals surface area contributed by atoms with E-state index in [9.17, 15) is 4.79 Å². The van der Waals surface area contributed by atoms with Crippen LogP contribution >= 0.6 is 11.6 Å². The first-order valence-corrected chi connectivity index (χ1v) is 5.86. The summed E-state index contributed by atoms with van der Waals surface area (Å²) in [5.74, 6) is -0.236. The van der Waals surface area contributed by atoms with Crippen LogP contribution in [-0.4, -0.2) is 50.2 Å². The van der Waals surface area contributed by atoms with Crippen LogP contribution in [0.15, 0.2) is 16.7 Å². The number of morpholine rings is 1. The Kier molecular flexibility index (Phi) is 4.04. The van der Waals surface area contributed by atoms with Gasteiger partial charge < -0.3 is 19.4 Å². The minimum absolute atomic E-state index is 0.0309. The van der Waals surface area contributed by atoms with Crippen molar-refractivity contribution in [2.45, 2.75) is 6.10 Å². The van der Waals surface area contributed by atoms with Crippen molar-refractivity contribution in [3.63, 3.8) is 0 Å². The molecule has 17 heavy (non-hydrogen) atoms. The third-order valence-electron chi connectivity index (χ3n) is 2.69. The number of nitrogens with one attached hydrogen (secondary N) is 1. The van der Waals surface area contributed by atoms with Gasteiger partial charge in [-0.2, -0.15) is 0 Å². The number of hydrogen-bond donors (Lipinski definition) is 1. The van der Waals surface area contributed by atoms with Crippen LogP contribution in [0.4, 0.5) is 0 Å². The van der Waals surface area contributed by atoms with Gasteiger partial charge in [0.1, 0.15) is 0 Å². The van der Waals surface area contributed by atoms with Crippen molar-refractivity contribution >= 4 is 17.5 Å². The van der Waals surface area contributed by atoms with Crippen LogP contribution in [0.25, 0.3) is 0 Å². The number of likely N-dealkylation sites (N-methyl/N-ethyl adjacent to an activating group) is 1. The van der Waals surface area contributed by atoms with E-state index in [1.54, 1.807) is 6.07 Å². The normalized spacial score (nSPS) is 21.4. The van der Waals surface area contributed by atoms with Crippen LogP contribution in [0.3, 0.4) is 0 Å². The number of carbonyl (C=O) groups excluding carboxylic acids is 1. The molecular weight excluding hydrogens is 244 g/mol. The van der Waals surface area contributed by atoms with Gasteiger partial charge in [-0.05, 0) is 24.7 Å². The molecule has 1 aromatic rings. The summed E-state index contributed by atoms with van der Waals surface area (Å²) in [6.45, 7) is 2.92. The van der Waals surface area contributed by atoms with E-state index in [2.05, 4.69) is 10.2 Å². The highest BCUT2D eigenvalue weighted by atomic mass is 35.5. The Morgan fingerprint density at radius 2 is 2.53 bits per heavy atom. The summed E-state index contributed by atoms with van der Waals surface area (Å²) in [4.78, 5) is 13.9. The van der Waals surface area contributed by atoms with Gasteiger partial charge in [0.2, 0.25) is 5.22 Å². The number of halogens is 1. The fraction of sp³-hybridized carbons (Fsp3) is 0.545. The molecule has 2 rings (SSSR count). The first kappa shape index (κ1) is 12.4. The van der Waals surface area contributed by atoms with Crippen molar-refractivity contribution in [2.75, 3.05) is 33.3 Å². The van der Waals surface area contributed by atoms with E-state index >= 15 is 0 Å². The standard InChI is InChI=1S/C11H15ClN2O3/c1-14-3-5-16-8(7-14)6-13-11(15)9-2-4-17-10(9)12/h2,4,8H,3,5-7H2,1H3,(H,13,15). The summed E-state index contributed by atoms with van der Waals surface area (Å²) < 4.78 is 10.4. The minimum Gasteiger partial charge on any atom is -0.452 e. The molecule has 1 atom stereocenters. The van der Waals surface area contributed by atoms with Crippen molar-refractivity contribution in [1.29, 1.82) is 0 Å². The Balaban J connectivity index is 1.82. The molecule has 6 heteroatoms. The van der Waals surface area contributed by atoms with Gasteiger partial charge in [-0.1, -0.05) is 0 Å². The number of nitrogens with zero attached hydrogens (tertiary/aromatic N) is 1. The van der Waals surface area contributed by atoms with Crippen LogP contribution in [0.5, 0.6) is 0 Å². The van der Waals surface area contributed by atoms with Crippen LogP contribution in [0, 0.1) is 0 Å². The molecular formula is C11H15ClN2O3. The van der Waals surface area contributed by atoms with Gasteiger partial charge in [-0.3, -0.25) is 4.79 Å². The van der Waals surface area contributed by atoms with Gasteiger partial charge in [-0.25, -0.2) is 0 Å². The van der Waals surface area contributed by atoms with Crippen molar-refractivity contribution in [3.05, 3.63) is 23.1 Å². The van der Waals surface area contributed by atoms with E-state index in [4.69, 9.17) is 20.8 Å². The zero-order valence-corrected chi connectivity index (χ0v) is 10.4. The maximum Gasteiger partial charge on any atom is 0.256 e. The summed E-state index contributed by atoms with van der Waals surface area (Å²) in [6.07, 6.45) is 1.42. The summed E-state index contributed by atoms with van der Waals surface area (Å²) >= 11 is 5.71.